The maximum Gasteiger partial charge on any atom is 0.139 e. The van der Waals surface area contributed by atoms with Crippen LogP contribution in [0.2, 0.25) is 0 Å². The van der Waals surface area contributed by atoms with Crippen molar-refractivity contribution in [1.29, 1.82) is 0 Å². The van der Waals surface area contributed by atoms with Gasteiger partial charge in [0.2, 0.25) is 0 Å². The molecule has 0 aliphatic rings. The third kappa shape index (κ3) is 3.07. The molecule has 0 aliphatic carbocycles. The molecule has 17 heavy (non-hydrogen) atoms. The van der Waals surface area contributed by atoms with Crippen LogP contribution in [-0.2, 0) is 5.75 Å². The lowest BCUT2D eigenvalue weighted by atomic mass is 10.2. The monoisotopic (exact) mass is 250 g/mol. The van der Waals surface area contributed by atoms with Gasteiger partial charge in [-0.05, 0) is 30.2 Å². The van der Waals surface area contributed by atoms with E-state index in [0.29, 0.717) is 16.2 Å². The molecule has 0 spiro atoms. The Hall–Kier alpha value is -1.35. The first kappa shape index (κ1) is 12.1. The maximum absolute atomic E-state index is 13.7. The van der Waals surface area contributed by atoms with Crippen molar-refractivity contribution in [2.75, 3.05) is 0 Å². The lowest BCUT2D eigenvalue weighted by molar-refractivity contribution is 0.568. The van der Waals surface area contributed by atoms with E-state index in [9.17, 15) is 8.78 Å². The van der Waals surface area contributed by atoms with Crippen molar-refractivity contribution in [3.63, 3.8) is 0 Å². The van der Waals surface area contributed by atoms with Gasteiger partial charge in [0.25, 0.3) is 0 Å². The predicted molar refractivity (Wildman–Crippen MR) is 67.1 cm³/mol. The van der Waals surface area contributed by atoms with Crippen molar-refractivity contribution in [2.45, 2.75) is 17.6 Å². The summed E-state index contributed by atoms with van der Waals surface area (Å²) in [7, 11) is 0. The van der Waals surface area contributed by atoms with Gasteiger partial charge in [0.15, 0.2) is 0 Å². The van der Waals surface area contributed by atoms with Crippen molar-refractivity contribution >= 4 is 11.8 Å². The number of benzene rings is 2. The molecule has 2 aromatic carbocycles. The van der Waals surface area contributed by atoms with Crippen LogP contribution in [0, 0.1) is 18.6 Å². The summed E-state index contributed by atoms with van der Waals surface area (Å²) in [5, 5.41) is 0. The molecule has 0 nitrogen and oxygen atoms in total. The van der Waals surface area contributed by atoms with Crippen LogP contribution in [0.1, 0.15) is 11.1 Å². The van der Waals surface area contributed by atoms with Gasteiger partial charge in [0, 0.05) is 10.6 Å². The lowest BCUT2D eigenvalue weighted by Crippen LogP contribution is -1.90. The molecule has 0 radical (unpaired) electrons. The molecule has 0 fully saturated rings. The number of hydrogen-bond donors (Lipinski definition) is 0. The number of hydrogen-bond acceptors (Lipinski definition) is 1. The topological polar surface area (TPSA) is 0 Å². The van der Waals surface area contributed by atoms with E-state index in [2.05, 4.69) is 0 Å². The summed E-state index contributed by atoms with van der Waals surface area (Å²) in [6, 6.07) is 12.2. The zero-order chi connectivity index (χ0) is 12.3. The van der Waals surface area contributed by atoms with E-state index in [-0.39, 0.29) is 11.6 Å². The van der Waals surface area contributed by atoms with E-state index in [1.165, 1.54) is 23.9 Å². The second kappa shape index (κ2) is 5.32. The van der Waals surface area contributed by atoms with E-state index < -0.39 is 0 Å². The molecule has 0 bridgehead atoms. The van der Waals surface area contributed by atoms with Crippen molar-refractivity contribution in [2.24, 2.45) is 0 Å². The highest BCUT2D eigenvalue weighted by molar-refractivity contribution is 7.98. The zero-order valence-corrected chi connectivity index (χ0v) is 10.2. The standard InChI is InChI=1S/C14H12F2S/c1-10-7-12(15)8-13(14(10)16)17-9-11-5-3-2-4-6-11/h2-8H,9H2,1H3. The van der Waals surface area contributed by atoms with Gasteiger partial charge in [0.05, 0.1) is 0 Å². The minimum Gasteiger partial charge on any atom is -0.207 e. The van der Waals surface area contributed by atoms with Gasteiger partial charge >= 0.3 is 0 Å². The molecule has 0 saturated carbocycles. The van der Waals surface area contributed by atoms with Gasteiger partial charge in [-0.2, -0.15) is 0 Å². The maximum atomic E-state index is 13.7. The highest BCUT2D eigenvalue weighted by Crippen LogP contribution is 2.28. The zero-order valence-electron chi connectivity index (χ0n) is 9.41. The molecular formula is C14H12F2S. The molecule has 2 rings (SSSR count). The molecular weight excluding hydrogens is 238 g/mol. The Morgan fingerprint density at radius 3 is 2.47 bits per heavy atom. The van der Waals surface area contributed by atoms with Crippen LogP contribution >= 0.6 is 11.8 Å². The Morgan fingerprint density at radius 1 is 1.06 bits per heavy atom. The van der Waals surface area contributed by atoms with Crippen LogP contribution in [0.15, 0.2) is 47.4 Å². The first-order chi connectivity index (χ1) is 8.16. The minimum atomic E-state index is -0.389. The van der Waals surface area contributed by atoms with Gasteiger partial charge in [-0.1, -0.05) is 30.3 Å². The molecule has 3 heteroatoms. The van der Waals surface area contributed by atoms with E-state index in [0.717, 1.165) is 5.56 Å². The molecule has 0 aromatic heterocycles. The van der Waals surface area contributed by atoms with E-state index in [1.807, 2.05) is 30.3 Å². The summed E-state index contributed by atoms with van der Waals surface area (Å²) in [4.78, 5) is 0.367. The van der Waals surface area contributed by atoms with Crippen molar-refractivity contribution in [3.05, 3.63) is 65.2 Å². The van der Waals surface area contributed by atoms with Crippen LogP contribution in [0.25, 0.3) is 0 Å². The average molecular weight is 250 g/mol. The molecule has 0 aliphatic heterocycles. The predicted octanol–water partition coefficient (Wildman–Crippen LogP) is 4.57. The summed E-state index contributed by atoms with van der Waals surface area (Å²) in [6.45, 7) is 1.57. The van der Waals surface area contributed by atoms with E-state index in [4.69, 9.17) is 0 Å². The van der Waals surface area contributed by atoms with Gasteiger partial charge in [-0.25, -0.2) is 8.78 Å². The highest BCUT2D eigenvalue weighted by atomic mass is 32.2. The molecule has 88 valence electrons. The number of thioether (sulfide) groups is 1. The minimum absolute atomic E-state index is 0.327. The van der Waals surface area contributed by atoms with E-state index in [1.54, 1.807) is 6.92 Å². The fourth-order valence-electron chi connectivity index (χ4n) is 1.54. The fraction of sp³-hybridized carbons (Fsp3) is 0.143. The lowest BCUT2D eigenvalue weighted by Gasteiger charge is -2.06. The van der Waals surface area contributed by atoms with Crippen molar-refractivity contribution in [1.82, 2.24) is 0 Å². The Bertz CT molecular complexity index is 509. The Labute approximate surface area is 104 Å². The van der Waals surface area contributed by atoms with Gasteiger partial charge < -0.3 is 0 Å². The van der Waals surface area contributed by atoms with Crippen LogP contribution < -0.4 is 0 Å². The van der Waals surface area contributed by atoms with Crippen LogP contribution in [0.3, 0.4) is 0 Å². The number of halogens is 2. The second-order valence-corrected chi connectivity index (χ2v) is 4.83. The average Bonchev–Trinajstić information content (AvgIpc) is 2.33. The smallest absolute Gasteiger partial charge is 0.139 e. The highest BCUT2D eigenvalue weighted by Gasteiger charge is 2.08. The summed E-state index contributed by atoms with van der Waals surface area (Å²) in [5.74, 6) is -0.0764. The van der Waals surface area contributed by atoms with Crippen molar-refractivity contribution in [3.8, 4) is 0 Å². The van der Waals surface area contributed by atoms with Crippen LogP contribution in [-0.4, -0.2) is 0 Å². The molecule has 0 unspecified atom stereocenters. The molecule has 0 saturated heterocycles. The first-order valence-corrected chi connectivity index (χ1v) is 6.28. The Morgan fingerprint density at radius 2 is 1.76 bits per heavy atom. The normalized spacial score (nSPS) is 10.5. The van der Waals surface area contributed by atoms with Gasteiger partial charge in [-0.15, -0.1) is 11.8 Å². The summed E-state index contributed by atoms with van der Waals surface area (Å²) in [6.07, 6.45) is 0. The summed E-state index contributed by atoms with van der Waals surface area (Å²) in [5.41, 5.74) is 1.44. The third-order valence-corrected chi connectivity index (χ3v) is 3.51. The third-order valence-electron chi connectivity index (χ3n) is 2.42. The Balaban J connectivity index is 2.14. The van der Waals surface area contributed by atoms with Crippen molar-refractivity contribution < 1.29 is 8.78 Å². The summed E-state index contributed by atoms with van der Waals surface area (Å²) < 4.78 is 26.9. The largest absolute Gasteiger partial charge is 0.207 e. The van der Waals surface area contributed by atoms with Gasteiger partial charge in [0.1, 0.15) is 11.6 Å². The molecule has 2 aromatic rings. The number of aryl methyl sites for hydroxylation is 1. The van der Waals surface area contributed by atoms with E-state index >= 15 is 0 Å². The fourth-order valence-corrected chi connectivity index (χ4v) is 2.53. The summed E-state index contributed by atoms with van der Waals surface area (Å²) >= 11 is 1.31. The molecule has 0 amide bonds. The quantitative estimate of drug-likeness (QED) is 0.719. The molecule has 0 atom stereocenters. The molecule has 0 N–H and O–H groups in total. The van der Waals surface area contributed by atoms with Crippen LogP contribution in [0.4, 0.5) is 8.78 Å². The number of rotatable bonds is 3. The Kier molecular flexibility index (Phi) is 3.79. The first-order valence-electron chi connectivity index (χ1n) is 5.29. The second-order valence-electron chi connectivity index (χ2n) is 3.81. The van der Waals surface area contributed by atoms with Gasteiger partial charge in [-0.3, -0.25) is 0 Å². The molecule has 0 heterocycles. The van der Waals surface area contributed by atoms with Crippen LogP contribution in [0.5, 0.6) is 0 Å². The SMILES string of the molecule is Cc1cc(F)cc(SCc2ccccc2)c1F.